The summed E-state index contributed by atoms with van der Waals surface area (Å²) in [5.74, 6) is -0.165. The first-order valence-electron chi connectivity index (χ1n) is 6.00. The summed E-state index contributed by atoms with van der Waals surface area (Å²) < 4.78 is 30.3. The maximum Gasteiger partial charge on any atom is 0.264 e. The molecular weight excluding hydrogens is 252 g/mol. The van der Waals surface area contributed by atoms with Crippen molar-refractivity contribution in [2.24, 2.45) is 0 Å². The first kappa shape index (κ1) is 17.1. The Hall–Kier alpha value is 0.127. The van der Waals surface area contributed by atoms with Gasteiger partial charge in [-0.2, -0.15) is 8.42 Å². The lowest BCUT2D eigenvalue weighted by Gasteiger charge is -2.50. The molecule has 1 N–H and O–H groups in total. The van der Waals surface area contributed by atoms with Gasteiger partial charge in [-0.25, -0.2) is 0 Å². The van der Waals surface area contributed by atoms with Gasteiger partial charge in [0.25, 0.3) is 10.1 Å². The molecule has 17 heavy (non-hydrogen) atoms. The maximum atomic E-state index is 10.8. The van der Waals surface area contributed by atoms with E-state index in [1.54, 1.807) is 0 Å². The monoisotopic (exact) mass is 279 g/mol. The zero-order valence-corrected chi connectivity index (χ0v) is 14.0. The van der Waals surface area contributed by atoms with Gasteiger partial charge in [-0.15, -0.1) is 0 Å². The van der Waals surface area contributed by atoms with E-state index in [9.17, 15) is 8.42 Å². The molecular formula is C12H27O3SSi. The molecule has 0 atom stereocenters. The van der Waals surface area contributed by atoms with E-state index in [4.69, 9.17) is 4.55 Å². The second-order valence-electron chi connectivity index (χ2n) is 6.98. The van der Waals surface area contributed by atoms with Gasteiger partial charge in [0.05, 0.1) is 13.8 Å². The normalized spacial score (nSPS) is 15.1. The van der Waals surface area contributed by atoms with Crippen molar-refractivity contribution in [1.82, 2.24) is 0 Å². The Labute approximate surface area is 108 Å². The van der Waals surface area contributed by atoms with Crippen molar-refractivity contribution in [3.05, 3.63) is 6.04 Å². The summed E-state index contributed by atoms with van der Waals surface area (Å²) in [5, 5.41) is 0.342. The highest BCUT2D eigenvalue weighted by Crippen LogP contribution is 2.52. The van der Waals surface area contributed by atoms with Crippen molar-refractivity contribution >= 4 is 18.2 Å². The minimum atomic E-state index is -3.85. The van der Waals surface area contributed by atoms with Crippen LogP contribution in [0.5, 0.6) is 0 Å². The van der Waals surface area contributed by atoms with Gasteiger partial charge in [0.2, 0.25) is 0 Å². The molecule has 0 unspecified atom stereocenters. The van der Waals surface area contributed by atoms with Gasteiger partial charge in [-0.1, -0.05) is 48.1 Å². The van der Waals surface area contributed by atoms with Crippen molar-refractivity contribution in [1.29, 1.82) is 0 Å². The molecule has 0 rings (SSSR count). The molecule has 0 aliphatic rings. The van der Waals surface area contributed by atoms with Crippen LogP contribution in [0.15, 0.2) is 0 Å². The molecule has 0 bridgehead atoms. The molecule has 3 nitrogen and oxygen atoms in total. The van der Waals surface area contributed by atoms with Gasteiger partial charge in [0, 0.05) is 0 Å². The number of rotatable bonds is 4. The molecule has 1 radical (unpaired) electrons. The second kappa shape index (κ2) is 5.01. The minimum Gasteiger partial charge on any atom is -0.286 e. The zero-order chi connectivity index (χ0) is 14.1. The van der Waals surface area contributed by atoms with Crippen molar-refractivity contribution in [2.45, 2.75) is 64.6 Å². The molecule has 0 aliphatic heterocycles. The molecule has 0 saturated carbocycles. The summed E-state index contributed by atoms with van der Waals surface area (Å²) in [4.78, 5) is 0. The third-order valence-corrected chi connectivity index (χ3v) is 12.1. The third kappa shape index (κ3) is 4.71. The van der Waals surface area contributed by atoms with Crippen LogP contribution in [-0.4, -0.2) is 26.8 Å². The average Bonchev–Trinajstić information content (AvgIpc) is 1.96. The second-order valence-corrected chi connectivity index (χ2v) is 14.4. The van der Waals surface area contributed by atoms with Crippen LogP contribution in [0.1, 0.15) is 48.0 Å². The van der Waals surface area contributed by atoms with Gasteiger partial charge in [-0.05, 0) is 22.5 Å². The molecule has 0 aromatic heterocycles. The predicted molar refractivity (Wildman–Crippen MR) is 76.4 cm³/mol. The van der Waals surface area contributed by atoms with Gasteiger partial charge >= 0.3 is 0 Å². The van der Waals surface area contributed by atoms with Crippen molar-refractivity contribution in [2.75, 3.05) is 5.75 Å². The standard InChI is InChI=1S/C12H27O3SSi/c1-11(2,3)17(7,12(4,5)6)10-8-9-16(13,14)15/h10H,8-9H2,1-7H3,(H,13,14,15). The Morgan fingerprint density at radius 2 is 1.41 bits per heavy atom. The van der Waals surface area contributed by atoms with Crippen LogP contribution >= 0.6 is 0 Å². The first-order chi connectivity index (χ1) is 7.21. The van der Waals surface area contributed by atoms with Crippen LogP contribution in [0.4, 0.5) is 0 Å². The Morgan fingerprint density at radius 3 is 1.65 bits per heavy atom. The van der Waals surface area contributed by atoms with Gasteiger partial charge in [0.15, 0.2) is 0 Å². The fourth-order valence-corrected chi connectivity index (χ4v) is 7.06. The number of hydrogen-bond donors (Lipinski definition) is 1. The highest BCUT2D eigenvalue weighted by molar-refractivity contribution is 7.85. The fourth-order valence-electron chi connectivity index (χ4n) is 2.23. The summed E-state index contributed by atoms with van der Waals surface area (Å²) in [5.41, 5.74) is 0. The highest BCUT2D eigenvalue weighted by atomic mass is 32.2. The van der Waals surface area contributed by atoms with Crippen molar-refractivity contribution in [3.8, 4) is 0 Å². The smallest absolute Gasteiger partial charge is 0.264 e. The van der Waals surface area contributed by atoms with E-state index >= 15 is 0 Å². The van der Waals surface area contributed by atoms with Crippen LogP contribution in [0.2, 0.25) is 16.6 Å². The third-order valence-electron chi connectivity index (χ3n) is 4.04. The van der Waals surface area contributed by atoms with E-state index in [2.05, 4.69) is 54.1 Å². The Bertz CT molecular complexity index is 333. The molecule has 5 heteroatoms. The molecule has 0 saturated heterocycles. The predicted octanol–water partition coefficient (Wildman–Crippen LogP) is 3.69. The SMILES string of the molecule is CC(C)(C)[Si](C)([CH]CCS(=O)(=O)O)C(C)(C)C. The fraction of sp³-hybridized carbons (Fsp3) is 0.917. The van der Waals surface area contributed by atoms with Crippen LogP contribution in [0, 0.1) is 6.04 Å². The average molecular weight is 279 g/mol. The molecule has 0 aromatic rings. The maximum absolute atomic E-state index is 10.8. The highest BCUT2D eigenvalue weighted by Gasteiger charge is 2.48. The first-order valence-corrected chi connectivity index (χ1v) is 10.2. The summed E-state index contributed by atoms with van der Waals surface area (Å²) in [6.07, 6.45) is 0.441. The largest absolute Gasteiger partial charge is 0.286 e. The van der Waals surface area contributed by atoms with E-state index in [0.717, 1.165) is 0 Å². The van der Waals surface area contributed by atoms with Crippen molar-refractivity contribution < 1.29 is 13.0 Å². The minimum absolute atomic E-state index is 0.165. The van der Waals surface area contributed by atoms with E-state index in [1.165, 1.54) is 0 Å². The Balaban J connectivity index is 4.89. The van der Waals surface area contributed by atoms with E-state index < -0.39 is 18.2 Å². The molecule has 0 heterocycles. The Morgan fingerprint density at radius 1 is 1.06 bits per heavy atom. The zero-order valence-electron chi connectivity index (χ0n) is 12.2. The molecule has 0 spiro atoms. The lowest BCUT2D eigenvalue weighted by Crippen LogP contribution is -2.50. The van der Waals surface area contributed by atoms with E-state index in [1.807, 2.05) is 0 Å². The summed E-state index contributed by atoms with van der Waals surface area (Å²) in [6.45, 7) is 15.6. The van der Waals surface area contributed by atoms with Gasteiger partial charge in [0.1, 0.15) is 0 Å². The number of hydrogen-bond acceptors (Lipinski definition) is 2. The Kier molecular flexibility index (Phi) is 5.05. The van der Waals surface area contributed by atoms with Crippen molar-refractivity contribution in [3.63, 3.8) is 0 Å². The summed E-state index contributed by atoms with van der Waals surface area (Å²) in [6, 6.07) is 2.18. The summed E-state index contributed by atoms with van der Waals surface area (Å²) >= 11 is 0. The van der Waals surface area contributed by atoms with Gasteiger partial charge < -0.3 is 0 Å². The van der Waals surface area contributed by atoms with Crippen LogP contribution < -0.4 is 0 Å². The van der Waals surface area contributed by atoms with E-state index in [0.29, 0.717) is 6.42 Å². The molecule has 0 amide bonds. The lowest BCUT2D eigenvalue weighted by molar-refractivity contribution is 0.482. The lowest BCUT2D eigenvalue weighted by atomic mass is 10.2. The van der Waals surface area contributed by atoms with Crippen LogP contribution in [-0.2, 0) is 10.1 Å². The van der Waals surface area contributed by atoms with Gasteiger partial charge in [-0.3, -0.25) is 4.55 Å². The van der Waals surface area contributed by atoms with E-state index in [-0.39, 0.29) is 15.8 Å². The molecule has 0 fully saturated rings. The topological polar surface area (TPSA) is 54.4 Å². The quantitative estimate of drug-likeness (QED) is 0.631. The summed E-state index contributed by atoms with van der Waals surface area (Å²) in [7, 11) is -5.60. The molecule has 0 aromatic carbocycles. The molecule has 0 aliphatic carbocycles. The molecule has 103 valence electrons. The van der Waals surface area contributed by atoms with Crippen LogP contribution in [0.3, 0.4) is 0 Å². The van der Waals surface area contributed by atoms with Crippen LogP contribution in [0.25, 0.3) is 0 Å².